The van der Waals surface area contributed by atoms with Crippen LogP contribution in [0.5, 0.6) is 0 Å². The summed E-state index contributed by atoms with van der Waals surface area (Å²) in [7, 11) is -3.87. The number of carboxylic acid groups (broad SMARTS) is 1. The van der Waals surface area contributed by atoms with Crippen molar-refractivity contribution in [3.63, 3.8) is 0 Å². The van der Waals surface area contributed by atoms with E-state index >= 15 is 0 Å². The molecule has 2 rings (SSSR count). The van der Waals surface area contributed by atoms with E-state index in [1.54, 1.807) is 0 Å². The van der Waals surface area contributed by atoms with Crippen molar-refractivity contribution in [1.29, 1.82) is 0 Å². The van der Waals surface area contributed by atoms with Crippen LogP contribution >= 0.6 is 0 Å². The molecule has 8 nitrogen and oxygen atoms in total. The Kier molecular flexibility index (Phi) is 3.96. The maximum atomic E-state index is 12.6. The summed E-state index contributed by atoms with van der Waals surface area (Å²) in [6, 6.07) is 3.52. The Morgan fingerprint density at radius 1 is 1.45 bits per heavy atom. The molecule has 120 valence electrons. The molecule has 0 radical (unpaired) electrons. The van der Waals surface area contributed by atoms with Gasteiger partial charge in [-0.05, 0) is 31.9 Å². The lowest BCUT2D eigenvalue weighted by Gasteiger charge is -2.20. The Hall–Kier alpha value is -2.00. The number of aliphatic carboxylic acids is 1. The summed E-state index contributed by atoms with van der Waals surface area (Å²) in [4.78, 5) is 21.3. The zero-order chi connectivity index (χ0) is 16.7. The van der Waals surface area contributed by atoms with Gasteiger partial charge in [-0.2, -0.15) is 4.31 Å². The summed E-state index contributed by atoms with van der Waals surface area (Å²) < 4.78 is 26.3. The SMILES string of the molecule is Cc1cc([N+](=O)[O-])ccc1S(=O)(=O)N1CCC(C)(C(=O)O)C1. The van der Waals surface area contributed by atoms with E-state index in [0.717, 1.165) is 10.4 Å². The van der Waals surface area contributed by atoms with Crippen molar-refractivity contribution in [2.24, 2.45) is 5.41 Å². The molecule has 0 spiro atoms. The fraction of sp³-hybridized carbons (Fsp3) is 0.462. The van der Waals surface area contributed by atoms with E-state index in [0.29, 0.717) is 0 Å². The normalized spacial score (nSPS) is 22.6. The number of nitro benzene ring substituents is 1. The zero-order valence-corrected chi connectivity index (χ0v) is 13.0. The first-order valence-corrected chi connectivity index (χ1v) is 8.00. The van der Waals surface area contributed by atoms with Gasteiger partial charge in [0.1, 0.15) is 0 Å². The molecule has 22 heavy (non-hydrogen) atoms. The van der Waals surface area contributed by atoms with Crippen LogP contribution in [0.4, 0.5) is 5.69 Å². The monoisotopic (exact) mass is 328 g/mol. The molecule has 9 heteroatoms. The van der Waals surface area contributed by atoms with Crippen LogP contribution in [0, 0.1) is 22.5 Å². The zero-order valence-electron chi connectivity index (χ0n) is 12.1. The fourth-order valence-electron chi connectivity index (χ4n) is 2.47. The van der Waals surface area contributed by atoms with Crippen LogP contribution in [0.2, 0.25) is 0 Å². The fourth-order valence-corrected chi connectivity index (χ4v) is 4.24. The van der Waals surface area contributed by atoms with Crippen molar-refractivity contribution in [3.05, 3.63) is 33.9 Å². The Bertz CT molecular complexity index is 745. The predicted molar refractivity (Wildman–Crippen MR) is 77.0 cm³/mol. The summed E-state index contributed by atoms with van der Waals surface area (Å²) in [5, 5.41) is 19.9. The first-order valence-electron chi connectivity index (χ1n) is 6.56. The van der Waals surface area contributed by atoms with Crippen LogP contribution in [-0.4, -0.2) is 41.8 Å². The van der Waals surface area contributed by atoms with E-state index in [1.807, 2.05) is 0 Å². The highest BCUT2D eigenvalue weighted by atomic mass is 32.2. The van der Waals surface area contributed by atoms with Gasteiger partial charge in [0.15, 0.2) is 0 Å². The van der Waals surface area contributed by atoms with E-state index in [9.17, 15) is 28.4 Å². The number of aryl methyl sites for hydroxylation is 1. The van der Waals surface area contributed by atoms with Crippen LogP contribution in [0.15, 0.2) is 23.1 Å². The third kappa shape index (κ3) is 2.69. The molecule has 0 bridgehead atoms. The highest BCUT2D eigenvalue weighted by Crippen LogP contribution is 2.34. The minimum absolute atomic E-state index is 0.0345. The average Bonchev–Trinajstić information content (AvgIpc) is 2.83. The van der Waals surface area contributed by atoms with Gasteiger partial charge >= 0.3 is 5.97 Å². The number of nitro groups is 1. The maximum Gasteiger partial charge on any atom is 0.310 e. The van der Waals surface area contributed by atoms with Crippen LogP contribution in [-0.2, 0) is 14.8 Å². The molecule has 1 saturated heterocycles. The van der Waals surface area contributed by atoms with E-state index in [-0.39, 0.29) is 35.7 Å². The van der Waals surface area contributed by atoms with Crippen molar-refractivity contribution >= 4 is 21.7 Å². The molecule has 1 aliphatic rings. The summed E-state index contributed by atoms with van der Waals surface area (Å²) in [5.74, 6) is -1.04. The lowest BCUT2D eigenvalue weighted by Crippen LogP contribution is -2.35. The highest BCUT2D eigenvalue weighted by molar-refractivity contribution is 7.89. The third-order valence-corrected chi connectivity index (χ3v) is 5.95. The van der Waals surface area contributed by atoms with Gasteiger partial charge in [-0.3, -0.25) is 14.9 Å². The number of benzene rings is 1. The number of non-ortho nitro benzene ring substituents is 1. The summed E-state index contributed by atoms with van der Waals surface area (Å²) >= 11 is 0. The Labute approximate surface area is 127 Å². The molecule has 1 heterocycles. The van der Waals surface area contributed by atoms with Crippen LogP contribution in [0.1, 0.15) is 18.9 Å². The van der Waals surface area contributed by atoms with Gasteiger partial charge in [0.05, 0.1) is 15.2 Å². The standard InChI is InChI=1S/C13H16N2O6S/c1-9-7-10(15(18)19)3-4-11(9)22(20,21)14-6-5-13(2,8-14)12(16)17/h3-4,7H,5-6,8H2,1-2H3,(H,16,17). The molecule has 0 aliphatic carbocycles. The summed E-state index contributed by atoms with van der Waals surface area (Å²) in [5.41, 5.74) is -1.03. The van der Waals surface area contributed by atoms with E-state index in [2.05, 4.69) is 0 Å². The third-order valence-electron chi connectivity index (χ3n) is 3.94. The molecule has 1 aliphatic heterocycles. The minimum Gasteiger partial charge on any atom is -0.481 e. The Morgan fingerprint density at radius 3 is 2.55 bits per heavy atom. The minimum atomic E-state index is -3.87. The first-order chi connectivity index (χ1) is 10.1. The summed E-state index contributed by atoms with van der Waals surface area (Å²) in [6.07, 6.45) is 0.230. The Morgan fingerprint density at radius 2 is 2.09 bits per heavy atom. The van der Waals surface area contributed by atoms with Gasteiger partial charge in [-0.1, -0.05) is 0 Å². The molecule has 1 atom stereocenters. The van der Waals surface area contributed by atoms with Crippen molar-refractivity contribution < 1.29 is 23.2 Å². The van der Waals surface area contributed by atoms with Crippen LogP contribution in [0.3, 0.4) is 0 Å². The van der Waals surface area contributed by atoms with E-state index in [4.69, 9.17) is 0 Å². The van der Waals surface area contributed by atoms with Crippen LogP contribution < -0.4 is 0 Å². The molecule has 1 N–H and O–H groups in total. The number of hydrogen-bond donors (Lipinski definition) is 1. The lowest BCUT2D eigenvalue weighted by molar-refractivity contribution is -0.385. The van der Waals surface area contributed by atoms with E-state index < -0.39 is 26.3 Å². The predicted octanol–water partition coefficient (Wildman–Crippen LogP) is 1.39. The average molecular weight is 328 g/mol. The van der Waals surface area contributed by atoms with Crippen molar-refractivity contribution in [2.45, 2.75) is 25.2 Å². The quantitative estimate of drug-likeness (QED) is 0.659. The van der Waals surface area contributed by atoms with E-state index in [1.165, 1.54) is 26.0 Å². The van der Waals surface area contributed by atoms with Gasteiger partial charge in [-0.25, -0.2) is 8.42 Å². The second-order valence-electron chi connectivity index (χ2n) is 5.66. The second-order valence-corrected chi connectivity index (χ2v) is 7.57. The van der Waals surface area contributed by atoms with Crippen molar-refractivity contribution in [1.82, 2.24) is 4.31 Å². The molecular weight excluding hydrogens is 312 g/mol. The van der Waals surface area contributed by atoms with Gasteiger partial charge in [0.2, 0.25) is 10.0 Å². The lowest BCUT2D eigenvalue weighted by atomic mass is 9.90. The molecule has 0 aromatic heterocycles. The van der Waals surface area contributed by atoms with Gasteiger partial charge < -0.3 is 5.11 Å². The largest absolute Gasteiger partial charge is 0.481 e. The molecule has 1 fully saturated rings. The number of hydrogen-bond acceptors (Lipinski definition) is 5. The second kappa shape index (κ2) is 5.33. The smallest absolute Gasteiger partial charge is 0.310 e. The van der Waals surface area contributed by atoms with Gasteiger partial charge in [0, 0.05) is 25.2 Å². The number of nitrogens with zero attached hydrogens (tertiary/aromatic N) is 2. The summed E-state index contributed by atoms with van der Waals surface area (Å²) in [6.45, 7) is 2.99. The highest BCUT2D eigenvalue weighted by Gasteiger charge is 2.45. The number of carbonyl (C=O) groups is 1. The van der Waals surface area contributed by atoms with Crippen molar-refractivity contribution in [2.75, 3.05) is 13.1 Å². The molecule has 1 aromatic rings. The molecule has 1 unspecified atom stereocenters. The van der Waals surface area contributed by atoms with Crippen molar-refractivity contribution in [3.8, 4) is 0 Å². The van der Waals surface area contributed by atoms with Crippen LogP contribution in [0.25, 0.3) is 0 Å². The molecule has 1 aromatic carbocycles. The molecular formula is C13H16N2O6S. The maximum absolute atomic E-state index is 12.6. The molecule has 0 amide bonds. The topological polar surface area (TPSA) is 118 Å². The van der Waals surface area contributed by atoms with Gasteiger partial charge in [-0.15, -0.1) is 0 Å². The Balaban J connectivity index is 2.36. The number of sulfonamides is 1. The van der Waals surface area contributed by atoms with Gasteiger partial charge in [0.25, 0.3) is 5.69 Å². The number of carboxylic acids is 1. The molecule has 0 saturated carbocycles. The number of rotatable bonds is 4. The first kappa shape index (κ1) is 16.4.